The van der Waals surface area contributed by atoms with Crippen LogP contribution in [0.4, 0.5) is 23.7 Å². The number of carbonyl (C=O) groups excluding carboxylic acids is 3. The molecule has 0 bridgehead atoms. The van der Waals surface area contributed by atoms with Gasteiger partial charge in [0, 0.05) is 0 Å². The van der Waals surface area contributed by atoms with E-state index in [-0.39, 0.29) is 10.7 Å². The third kappa shape index (κ3) is 4.84. The van der Waals surface area contributed by atoms with Gasteiger partial charge in [-0.05, 0) is 18.2 Å². The second-order valence-electron chi connectivity index (χ2n) is 3.59. The fraction of sp³-hybridized carbons (Fsp3) is 0.100. The van der Waals surface area contributed by atoms with Crippen molar-refractivity contribution >= 4 is 35.1 Å². The van der Waals surface area contributed by atoms with Gasteiger partial charge in [0.1, 0.15) is 0 Å². The molecule has 0 aromatic heterocycles. The first-order chi connectivity index (χ1) is 9.61. The standard InChI is InChI=1S/C10H8ClF3N4O3/c11-5-2-1-4(10(12,13)14)3-6(5)16-9(21)18-17-8(20)7(15)19/h1-3H,(H2,15,19)(H,17,20)(H2,16,18,21). The zero-order valence-corrected chi connectivity index (χ0v) is 10.8. The Bertz CT molecular complexity index is 591. The van der Waals surface area contributed by atoms with Gasteiger partial charge in [0.15, 0.2) is 0 Å². The van der Waals surface area contributed by atoms with E-state index in [1.807, 2.05) is 5.32 Å². The first kappa shape index (κ1) is 16.6. The van der Waals surface area contributed by atoms with Gasteiger partial charge in [-0.25, -0.2) is 10.2 Å². The Balaban J connectivity index is 2.76. The van der Waals surface area contributed by atoms with Gasteiger partial charge in [-0.15, -0.1) is 0 Å². The summed E-state index contributed by atoms with van der Waals surface area (Å²) >= 11 is 5.63. The van der Waals surface area contributed by atoms with Gasteiger partial charge in [-0.1, -0.05) is 11.6 Å². The Labute approximate surface area is 120 Å². The lowest BCUT2D eigenvalue weighted by Crippen LogP contribution is -2.48. The molecule has 1 rings (SSSR count). The van der Waals surface area contributed by atoms with E-state index in [1.54, 1.807) is 10.9 Å². The highest BCUT2D eigenvalue weighted by Crippen LogP contribution is 2.33. The average molecular weight is 325 g/mol. The molecule has 1 aromatic carbocycles. The minimum Gasteiger partial charge on any atom is -0.361 e. The maximum atomic E-state index is 12.5. The number of carbonyl (C=O) groups is 3. The van der Waals surface area contributed by atoms with Crippen molar-refractivity contribution < 1.29 is 27.6 Å². The third-order valence-corrected chi connectivity index (χ3v) is 2.38. The number of amides is 4. The smallest absolute Gasteiger partial charge is 0.361 e. The van der Waals surface area contributed by atoms with Gasteiger partial charge in [0.2, 0.25) is 0 Å². The van der Waals surface area contributed by atoms with Crippen LogP contribution in [0.15, 0.2) is 18.2 Å². The molecule has 0 heterocycles. The summed E-state index contributed by atoms with van der Waals surface area (Å²) in [4.78, 5) is 32.4. The number of alkyl halides is 3. The summed E-state index contributed by atoms with van der Waals surface area (Å²) in [6, 6.07) is 1.17. The molecular weight excluding hydrogens is 317 g/mol. The number of halogens is 4. The van der Waals surface area contributed by atoms with E-state index in [0.29, 0.717) is 6.07 Å². The van der Waals surface area contributed by atoms with Crippen molar-refractivity contribution in [2.24, 2.45) is 5.73 Å². The molecule has 0 aliphatic rings. The Kier molecular flexibility index (Phi) is 4.97. The molecule has 0 radical (unpaired) electrons. The molecule has 0 saturated heterocycles. The molecule has 0 aliphatic heterocycles. The quantitative estimate of drug-likeness (QED) is 0.456. The second kappa shape index (κ2) is 6.31. The highest BCUT2D eigenvalue weighted by molar-refractivity contribution is 6.35. The molecule has 0 aliphatic carbocycles. The Hall–Kier alpha value is -2.49. The van der Waals surface area contributed by atoms with Crippen LogP contribution in [0.1, 0.15) is 5.56 Å². The van der Waals surface area contributed by atoms with E-state index in [4.69, 9.17) is 11.6 Å². The normalized spacial score (nSPS) is 10.7. The fourth-order valence-corrected chi connectivity index (χ4v) is 1.29. The van der Waals surface area contributed by atoms with Crippen LogP contribution >= 0.6 is 11.6 Å². The number of urea groups is 1. The summed E-state index contributed by atoms with van der Waals surface area (Å²) in [5, 5.41) is 1.81. The van der Waals surface area contributed by atoms with Crippen LogP contribution in [0.25, 0.3) is 0 Å². The summed E-state index contributed by atoms with van der Waals surface area (Å²) in [7, 11) is 0. The minimum atomic E-state index is -4.61. The number of nitrogens with one attached hydrogen (secondary N) is 3. The topological polar surface area (TPSA) is 113 Å². The van der Waals surface area contributed by atoms with Crippen molar-refractivity contribution in [3.05, 3.63) is 28.8 Å². The number of hydrazine groups is 1. The Morgan fingerprint density at radius 2 is 1.76 bits per heavy atom. The molecular formula is C10H8ClF3N4O3. The molecule has 0 spiro atoms. The molecule has 1 aromatic rings. The van der Waals surface area contributed by atoms with Crippen LogP contribution in [0, 0.1) is 0 Å². The summed E-state index contributed by atoms with van der Waals surface area (Å²) in [6.07, 6.45) is -4.61. The van der Waals surface area contributed by atoms with Crippen molar-refractivity contribution in [2.45, 2.75) is 6.18 Å². The summed E-state index contributed by atoms with van der Waals surface area (Å²) in [5.74, 6) is -2.66. The molecule has 0 fully saturated rings. The predicted octanol–water partition coefficient (Wildman–Crippen LogP) is 0.997. The lowest BCUT2D eigenvalue weighted by Gasteiger charge is -2.12. The first-order valence-corrected chi connectivity index (χ1v) is 5.52. The van der Waals surface area contributed by atoms with Crippen LogP contribution in [0.5, 0.6) is 0 Å². The first-order valence-electron chi connectivity index (χ1n) is 5.15. The molecule has 5 N–H and O–H groups in total. The van der Waals surface area contributed by atoms with Crippen LogP contribution < -0.4 is 21.9 Å². The number of anilines is 1. The average Bonchev–Trinajstić information content (AvgIpc) is 2.37. The highest BCUT2D eigenvalue weighted by Gasteiger charge is 2.31. The molecule has 0 saturated carbocycles. The van der Waals surface area contributed by atoms with Gasteiger partial charge >= 0.3 is 24.0 Å². The summed E-state index contributed by atoms with van der Waals surface area (Å²) in [6.45, 7) is 0. The molecule has 21 heavy (non-hydrogen) atoms. The van der Waals surface area contributed by atoms with Crippen molar-refractivity contribution in [3.8, 4) is 0 Å². The van der Waals surface area contributed by atoms with Gasteiger partial charge in [-0.2, -0.15) is 13.2 Å². The zero-order valence-electron chi connectivity index (χ0n) is 10.0. The van der Waals surface area contributed by atoms with Crippen LogP contribution in [-0.2, 0) is 15.8 Å². The Morgan fingerprint density at radius 1 is 1.14 bits per heavy atom. The number of nitrogens with two attached hydrogens (primary N) is 1. The molecule has 0 unspecified atom stereocenters. The second-order valence-corrected chi connectivity index (χ2v) is 4.00. The van der Waals surface area contributed by atoms with Crippen LogP contribution in [-0.4, -0.2) is 17.8 Å². The van der Waals surface area contributed by atoms with E-state index >= 15 is 0 Å². The molecule has 7 nitrogen and oxygen atoms in total. The van der Waals surface area contributed by atoms with E-state index in [0.717, 1.165) is 12.1 Å². The number of hydrogen-bond donors (Lipinski definition) is 4. The van der Waals surface area contributed by atoms with Crippen molar-refractivity contribution in [3.63, 3.8) is 0 Å². The van der Waals surface area contributed by atoms with E-state index < -0.39 is 29.6 Å². The van der Waals surface area contributed by atoms with E-state index in [9.17, 15) is 27.6 Å². The van der Waals surface area contributed by atoms with Crippen LogP contribution in [0.3, 0.4) is 0 Å². The molecule has 4 amide bonds. The SMILES string of the molecule is NC(=O)C(=O)NNC(=O)Nc1cc(C(F)(F)F)ccc1Cl. The monoisotopic (exact) mass is 324 g/mol. The predicted molar refractivity (Wildman–Crippen MR) is 65.9 cm³/mol. The third-order valence-electron chi connectivity index (χ3n) is 2.06. The van der Waals surface area contributed by atoms with Gasteiger partial charge < -0.3 is 11.1 Å². The van der Waals surface area contributed by atoms with Crippen molar-refractivity contribution in [1.82, 2.24) is 10.9 Å². The number of benzene rings is 1. The van der Waals surface area contributed by atoms with Crippen LogP contribution in [0.2, 0.25) is 5.02 Å². The highest BCUT2D eigenvalue weighted by atomic mass is 35.5. The number of hydrogen-bond acceptors (Lipinski definition) is 3. The lowest BCUT2D eigenvalue weighted by atomic mass is 10.2. The van der Waals surface area contributed by atoms with E-state index in [2.05, 4.69) is 5.73 Å². The van der Waals surface area contributed by atoms with Gasteiger partial charge in [0.25, 0.3) is 0 Å². The van der Waals surface area contributed by atoms with Crippen molar-refractivity contribution in [2.75, 3.05) is 5.32 Å². The van der Waals surface area contributed by atoms with Crippen molar-refractivity contribution in [1.29, 1.82) is 0 Å². The molecule has 0 atom stereocenters. The molecule has 114 valence electrons. The fourth-order valence-electron chi connectivity index (χ4n) is 1.13. The Morgan fingerprint density at radius 3 is 2.29 bits per heavy atom. The minimum absolute atomic E-state index is 0.153. The maximum absolute atomic E-state index is 12.5. The summed E-state index contributed by atoms with van der Waals surface area (Å²) in [5.41, 5.74) is 6.57. The summed E-state index contributed by atoms with van der Waals surface area (Å²) < 4.78 is 37.5. The lowest BCUT2D eigenvalue weighted by molar-refractivity contribution is -0.137. The van der Waals surface area contributed by atoms with Gasteiger partial charge in [0.05, 0.1) is 16.3 Å². The van der Waals surface area contributed by atoms with E-state index in [1.165, 1.54) is 0 Å². The number of primary amides is 1. The maximum Gasteiger partial charge on any atom is 0.416 e. The zero-order chi connectivity index (χ0) is 16.2. The van der Waals surface area contributed by atoms with Gasteiger partial charge in [-0.3, -0.25) is 15.0 Å². The largest absolute Gasteiger partial charge is 0.416 e. The molecule has 11 heteroatoms. The number of rotatable bonds is 1.